The highest BCUT2D eigenvalue weighted by atomic mass is 19.4. The molecule has 0 aromatic carbocycles. The van der Waals surface area contributed by atoms with E-state index in [4.69, 9.17) is 5.73 Å². The zero-order chi connectivity index (χ0) is 10.3. The van der Waals surface area contributed by atoms with Crippen molar-refractivity contribution in [1.82, 2.24) is 4.98 Å². The van der Waals surface area contributed by atoms with Crippen molar-refractivity contribution in [1.29, 1.82) is 0 Å². The first-order chi connectivity index (χ1) is 6.48. The summed E-state index contributed by atoms with van der Waals surface area (Å²) in [5, 5.41) is 0. The molecule has 0 bridgehead atoms. The fourth-order valence-electron chi connectivity index (χ4n) is 1.66. The van der Waals surface area contributed by atoms with E-state index in [0.717, 1.165) is 11.6 Å². The van der Waals surface area contributed by atoms with Crippen LogP contribution in [0.1, 0.15) is 29.4 Å². The van der Waals surface area contributed by atoms with Crippen LogP contribution in [0.5, 0.6) is 0 Å². The van der Waals surface area contributed by atoms with Crippen LogP contribution in [0.4, 0.5) is 13.2 Å². The molecule has 2 N–H and O–H groups in total. The molecule has 0 aliphatic heterocycles. The van der Waals surface area contributed by atoms with E-state index in [1.165, 1.54) is 6.07 Å². The summed E-state index contributed by atoms with van der Waals surface area (Å²) in [4.78, 5) is 3.57. The quantitative estimate of drug-likeness (QED) is 0.699. The van der Waals surface area contributed by atoms with Crippen molar-refractivity contribution >= 4 is 0 Å². The summed E-state index contributed by atoms with van der Waals surface area (Å²) in [6.07, 6.45) is -3.13. The van der Waals surface area contributed by atoms with Gasteiger partial charge in [-0.15, -0.1) is 0 Å². The van der Waals surface area contributed by atoms with Gasteiger partial charge in [0, 0.05) is 11.7 Å². The molecule has 1 aliphatic carbocycles. The number of hydrogen-bond acceptors (Lipinski definition) is 2. The van der Waals surface area contributed by atoms with Crippen molar-refractivity contribution in [3.8, 4) is 0 Å². The first kappa shape index (κ1) is 9.45. The summed E-state index contributed by atoms with van der Waals surface area (Å²) in [6, 6.07) is 2.27. The average molecular weight is 202 g/mol. The second-order valence-corrected chi connectivity index (χ2v) is 3.38. The van der Waals surface area contributed by atoms with Crippen molar-refractivity contribution in [3.05, 3.63) is 29.1 Å². The van der Waals surface area contributed by atoms with Crippen molar-refractivity contribution < 1.29 is 13.2 Å². The van der Waals surface area contributed by atoms with Gasteiger partial charge < -0.3 is 5.73 Å². The minimum absolute atomic E-state index is 0.153. The fourth-order valence-corrected chi connectivity index (χ4v) is 1.66. The molecule has 1 aliphatic rings. The lowest BCUT2D eigenvalue weighted by molar-refractivity contribution is -0.141. The van der Waals surface area contributed by atoms with Crippen molar-refractivity contribution in [2.24, 2.45) is 5.73 Å². The van der Waals surface area contributed by atoms with Crippen molar-refractivity contribution in [3.63, 3.8) is 0 Å². The highest BCUT2D eigenvalue weighted by Crippen LogP contribution is 2.33. The largest absolute Gasteiger partial charge is 0.433 e. The Morgan fingerprint density at radius 3 is 2.71 bits per heavy atom. The first-order valence-electron chi connectivity index (χ1n) is 4.31. The molecule has 1 aromatic rings. The first-order valence-corrected chi connectivity index (χ1v) is 4.31. The number of hydrogen-bond donors (Lipinski definition) is 1. The number of alkyl halides is 3. The van der Waals surface area contributed by atoms with Crippen molar-refractivity contribution in [2.45, 2.75) is 25.1 Å². The Bertz CT molecular complexity index is 360. The second kappa shape index (κ2) is 2.95. The third-order valence-corrected chi connectivity index (χ3v) is 2.39. The molecule has 0 amide bonds. The number of fused-ring (bicyclic) bond motifs is 1. The summed E-state index contributed by atoms with van der Waals surface area (Å²) < 4.78 is 36.8. The second-order valence-electron chi connectivity index (χ2n) is 3.38. The lowest BCUT2D eigenvalue weighted by Gasteiger charge is -2.08. The molecule has 1 aromatic heterocycles. The van der Waals surface area contributed by atoms with Crippen LogP contribution in [0, 0.1) is 0 Å². The maximum atomic E-state index is 12.3. The van der Waals surface area contributed by atoms with Gasteiger partial charge in [-0.3, -0.25) is 0 Å². The maximum Gasteiger partial charge on any atom is 0.433 e. The Morgan fingerprint density at radius 2 is 2.07 bits per heavy atom. The van der Waals surface area contributed by atoms with Gasteiger partial charge in [-0.2, -0.15) is 13.2 Å². The molecular formula is C9H9F3N2. The summed E-state index contributed by atoms with van der Waals surface area (Å²) in [7, 11) is 0. The Morgan fingerprint density at radius 1 is 1.36 bits per heavy atom. The zero-order valence-electron chi connectivity index (χ0n) is 7.30. The Hall–Kier alpha value is -1.10. The number of aromatic nitrogens is 1. The van der Waals surface area contributed by atoms with Crippen LogP contribution in [0.15, 0.2) is 12.1 Å². The number of nitrogens with zero attached hydrogens (tertiary/aromatic N) is 1. The molecule has 2 nitrogen and oxygen atoms in total. The number of pyridine rings is 1. The van der Waals surface area contributed by atoms with Crippen LogP contribution in [-0.2, 0) is 12.6 Å². The van der Waals surface area contributed by atoms with Gasteiger partial charge in [0.1, 0.15) is 5.69 Å². The minimum atomic E-state index is -4.36. The lowest BCUT2D eigenvalue weighted by atomic mass is 10.1. The topological polar surface area (TPSA) is 38.9 Å². The summed E-state index contributed by atoms with van der Waals surface area (Å²) >= 11 is 0. The van der Waals surface area contributed by atoms with E-state index in [2.05, 4.69) is 4.98 Å². The van der Waals surface area contributed by atoms with E-state index in [9.17, 15) is 13.2 Å². The van der Waals surface area contributed by atoms with Gasteiger partial charge in [0.15, 0.2) is 0 Å². The van der Waals surface area contributed by atoms with E-state index >= 15 is 0 Å². The number of rotatable bonds is 0. The monoisotopic (exact) mass is 202 g/mol. The van der Waals surface area contributed by atoms with E-state index in [1.807, 2.05) is 0 Å². The van der Waals surface area contributed by atoms with Crippen LogP contribution in [0.2, 0.25) is 0 Å². The normalized spacial score (nSPS) is 21.0. The zero-order valence-corrected chi connectivity index (χ0v) is 7.30. The molecule has 14 heavy (non-hydrogen) atoms. The van der Waals surface area contributed by atoms with Gasteiger partial charge in [0.05, 0.1) is 0 Å². The van der Waals surface area contributed by atoms with Gasteiger partial charge >= 0.3 is 6.18 Å². The van der Waals surface area contributed by atoms with Gasteiger partial charge in [-0.25, -0.2) is 4.98 Å². The number of aryl methyl sites for hydroxylation is 1. The maximum absolute atomic E-state index is 12.3. The van der Waals surface area contributed by atoms with E-state index < -0.39 is 11.9 Å². The smallest absolute Gasteiger partial charge is 0.324 e. The molecular weight excluding hydrogens is 193 g/mol. The molecule has 76 valence electrons. The highest BCUT2D eigenvalue weighted by molar-refractivity contribution is 5.31. The molecule has 0 spiro atoms. The van der Waals surface area contributed by atoms with Crippen LogP contribution in [0.3, 0.4) is 0 Å². The Kier molecular flexibility index (Phi) is 1.99. The molecule has 2 rings (SSSR count). The van der Waals surface area contributed by atoms with Gasteiger partial charge in [-0.05, 0) is 24.5 Å². The molecule has 0 saturated heterocycles. The van der Waals surface area contributed by atoms with E-state index in [1.54, 1.807) is 0 Å². The molecule has 1 atom stereocenters. The van der Waals surface area contributed by atoms with Gasteiger partial charge in [0.25, 0.3) is 0 Å². The summed E-state index contributed by atoms with van der Waals surface area (Å²) in [5.74, 6) is 0. The predicted octanol–water partition coefficient (Wildman–Crippen LogP) is 2.05. The third-order valence-electron chi connectivity index (χ3n) is 2.39. The standard InChI is InChI=1S/C9H9F3N2/c10-9(11,12)8-4-1-5-6(13)2-3-7(5)14-8/h1,4,6H,2-3,13H2/t6-/m0/s1. The highest BCUT2D eigenvalue weighted by Gasteiger charge is 2.34. The average Bonchev–Trinajstić information content (AvgIpc) is 2.46. The number of nitrogens with two attached hydrogens (primary N) is 1. The molecule has 0 saturated carbocycles. The van der Waals surface area contributed by atoms with Crippen LogP contribution < -0.4 is 5.73 Å². The van der Waals surface area contributed by atoms with E-state index in [-0.39, 0.29) is 6.04 Å². The van der Waals surface area contributed by atoms with Gasteiger partial charge in [-0.1, -0.05) is 6.07 Å². The van der Waals surface area contributed by atoms with Crippen LogP contribution >= 0.6 is 0 Å². The third kappa shape index (κ3) is 1.48. The molecule has 0 fully saturated rings. The summed E-state index contributed by atoms with van der Waals surface area (Å²) in [6.45, 7) is 0. The predicted molar refractivity (Wildman–Crippen MR) is 44.5 cm³/mol. The molecule has 0 unspecified atom stereocenters. The molecule has 0 radical (unpaired) electrons. The van der Waals surface area contributed by atoms with Gasteiger partial charge in [0.2, 0.25) is 0 Å². The SMILES string of the molecule is N[C@H]1CCc2nc(C(F)(F)F)ccc21. The van der Waals surface area contributed by atoms with E-state index in [0.29, 0.717) is 18.5 Å². The molecule has 5 heteroatoms. The Balaban J connectivity index is 2.42. The number of halogens is 3. The fraction of sp³-hybridized carbons (Fsp3) is 0.444. The summed E-state index contributed by atoms with van der Waals surface area (Å²) in [5.41, 5.74) is 6.10. The van der Waals surface area contributed by atoms with Crippen LogP contribution in [-0.4, -0.2) is 4.98 Å². The van der Waals surface area contributed by atoms with Crippen LogP contribution in [0.25, 0.3) is 0 Å². The minimum Gasteiger partial charge on any atom is -0.324 e. The molecule has 1 heterocycles. The lowest BCUT2D eigenvalue weighted by Crippen LogP contribution is -2.10. The van der Waals surface area contributed by atoms with Crippen molar-refractivity contribution in [2.75, 3.05) is 0 Å². The Labute approximate surface area is 78.9 Å².